The van der Waals surface area contributed by atoms with Gasteiger partial charge in [-0.1, -0.05) is 17.7 Å². The Bertz CT molecular complexity index is 416. The van der Waals surface area contributed by atoms with Crippen LogP contribution in [0.2, 0.25) is 5.02 Å². The molecule has 2 unspecified atom stereocenters. The summed E-state index contributed by atoms with van der Waals surface area (Å²) in [5, 5.41) is 3.89. The number of nitrogens with one attached hydrogen (secondary N) is 1. The predicted octanol–water partition coefficient (Wildman–Crippen LogP) is 3.14. The quantitative estimate of drug-likeness (QED) is 0.907. The molecule has 98 valence electrons. The highest BCUT2D eigenvalue weighted by Gasteiger charge is 2.40. The molecule has 0 spiro atoms. The molecule has 0 aromatic heterocycles. The zero-order valence-corrected chi connectivity index (χ0v) is 10.9. The Labute approximate surface area is 111 Å². The molecule has 1 saturated heterocycles. The molecular formula is C14H17ClFNO. The van der Waals surface area contributed by atoms with Crippen molar-refractivity contribution in [1.82, 2.24) is 5.32 Å². The van der Waals surface area contributed by atoms with Crippen LogP contribution in [0, 0.1) is 11.7 Å². The first kappa shape index (κ1) is 12.4. The molecule has 1 saturated carbocycles. The molecule has 0 radical (unpaired) electrons. The Morgan fingerprint density at radius 2 is 2.17 bits per heavy atom. The van der Waals surface area contributed by atoms with Crippen molar-refractivity contribution >= 4 is 11.6 Å². The lowest BCUT2D eigenvalue weighted by Crippen LogP contribution is -2.37. The molecule has 0 bridgehead atoms. The highest BCUT2D eigenvalue weighted by Crippen LogP contribution is 2.38. The summed E-state index contributed by atoms with van der Waals surface area (Å²) < 4.78 is 19.4. The summed E-state index contributed by atoms with van der Waals surface area (Å²) in [5.74, 6) is 0.470. The fourth-order valence-corrected chi connectivity index (χ4v) is 2.88. The molecule has 1 aliphatic heterocycles. The Hall–Kier alpha value is -0.640. The van der Waals surface area contributed by atoms with Crippen LogP contribution < -0.4 is 5.32 Å². The van der Waals surface area contributed by atoms with Crippen molar-refractivity contribution in [1.29, 1.82) is 0 Å². The van der Waals surface area contributed by atoms with Gasteiger partial charge in [0, 0.05) is 29.8 Å². The molecule has 2 fully saturated rings. The van der Waals surface area contributed by atoms with Crippen LogP contribution in [0.15, 0.2) is 18.2 Å². The van der Waals surface area contributed by atoms with Gasteiger partial charge in [0.15, 0.2) is 0 Å². The van der Waals surface area contributed by atoms with Crippen LogP contribution in [0.5, 0.6) is 0 Å². The highest BCUT2D eigenvalue weighted by molar-refractivity contribution is 6.31. The summed E-state index contributed by atoms with van der Waals surface area (Å²) in [6, 6.07) is 5.15. The van der Waals surface area contributed by atoms with E-state index in [2.05, 4.69) is 5.32 Å². The molecule has 2 atom stereocenters. The van der Waals surface area contributed by atoms with Crippen LogP contribution in [-0.4, -0.2) is 18.8 Å². The second-order valence-corrected chi connectivity index (χ2v) is 5.56. The lowest BCUT2D eigenvalue weighted by Gasteiger charge is -2.20. The van der Waals surface area contributed by atoms with E-state index < -0.39 is 0 Å². The molecule has 1 heterocycles. The van der Waals surface area contributed by atoms with Gasteiger partial charge in [-0.15, -0.1) is 0 Å². The van der Waals surface area contributed by atoms with Crippen molar-refractivity contribution in [3.63, 3.8) is 0 Å². The van der Waals surface area contributed by atoms with Crippen LogP contribution >= 0.6 is 11.6 Å². The molecule has 1 aromatic carbocycles. The van der Waals surface area contributed by atoms with E-state index in [0.29, 0.717) is 35.2 Å². The van der Waals surface area contributed by atoms with Crippen molar-refractivity contribution in [3.05, 3.63) is 34.6 Å². The van der Waals surface area contributed by atoms with Crippen LogP contribution in [0.3, 0.4) is 0 Å². The maximum atomic E-state index is 13.6. The normalized spacial score (nSPS) is 27.7. The van der Waals surface area contributed by atoms with E-state index >= 15 is 0 Å². The third-order valence-corrected chi connectivity index (χ3v) is 4.18. The van der Waals surface area contributed by atoms with E-state index in [0.717, 1.165) is 13.0 Å². The van der Waals surface area contributed by atoms with Crippen LogP contribution in [0.25, 0.3) is 0 Å². The summed E-state index contributed by atoms with van der Waals surface area (Å²) in [7, 11) is 0. The minimum Gasteiger partial charge on any atom is -0.376 e. The third-order valence-electron chi connectivity index (χ3n) is 3.83. The summed E-state index contributed by atoms with van der Waals surface area (Å²) >= 11 is 6.02. The fraction of sp³-hybridized carbons (Fsp3) is 0.571. The molecule has 1 aromatic rings. The van der Waals surface area contributed by atoms with Gasteiger partial charge in [-0.05, 0) is 37.3 Å². The molecule has 2 aliphatic rings. The number of benzene rings is 1. The van der Waals surface area contributed by atoms with E-state index in [1.54, 1.807) is 12.1 Å². The minimum atomic E-state index is -0.239. The molecule has 3 rings (SSSR count). The zero-order chi connectivity index (χ0) is 12.5. The number of hydrogen-bond acceptors (Lipinski definition) is 2. The van der Waals surface area contributed by atoms with Gasteiger partial charge in [-0.2, -0.15) is 0 Å². The van der Waals surface area contributed by atoms with E-state index in [4.69, 9.17) is 16.3 Å². The van der Waals surface area contributed by atoms with Crippen molar-refractivity contribution in [3.8, 4) is 0 Å². The van der Waals surface area contributed by atoms with Crippen molar-refractivity contribution < 1.29 is 9.13 Å². The highest BCUT2D eigenvalue weighted by atomic mass is 35.5. The topological polar surface area (TPSA) is 21.3 Å². The number of ether oxygens (including phenoxy) is 1. The summed E-state index contributed by atoms with van der Waals surface area (Å²) in [4.78, 5) is 0. The number of halogens is 2. The molecule has 1 N–H and O–H groups in total. The first-order valence-corrected chi connectivity index (χ1v) is 6.91. The first-order chi connectivity index (χ1) is 8.75. The van der Waals surface area contributed by atoms with Gasteiger partial charge in [0.2, 0.25) is 0 Å². The Balaban J connectivity index is 1.63. The second-order valence-electron chi connectivity index (χ2n) is 5.15. The predicted molar refractivity (Wildman–Crippen MR) is 69.1 cm³/mol. The van der Waals surface area contributed by atoms with Gasteiger partial charge in [0.05, 0.1) is 6.10 Å². The van der Waals surface area contributed by atoms with E-state index in [1.165, 1.54) is 18.9 Å². The Kier molecular flexibility index (Phi) is 3.55. The Morgan fingerprint density at radius 1 is 1.33 bits per heavy atom. The lowest BCUT2D eigenvalue weighted by atomic mass is 10.1. The third kappa shape index (κ3) is 2.53. The van der Waals surface area contributed by atoms with Crippen molar-refractivity contribution in [2.45, 2.75) is 38.0 Å². The standard InChI is InChI=1S/C14H17ClFNO/c15-11-2-1-3-12(16)10(11)8-17-13-6-7-18-14(13)9-4-5-9/h1-3,9,13-14,17H,4-8H2. The number of rotatable bonds is 4. The van der Waals surface area contributed by atoms with Crippen LogP contribution in [0.4, 0.5) is 4.39 Å². The fourth-order valence-electron chi connectivity index (χ4n) is 2.65. The lowest BCUT2D eigenvalue weighted by molar-refractivity contribution is 0.0808. The van der Waals surface area contributed by atoms with Crippen LogP contribution in [-0.2, 0) is 11.3 Å². The average Bonchev–Trinajstić information content (AvgIpc) is 3.09. The van der Waals surface area contributed by atoms with E-state index in [9.17, 15) is 4.39 Å². The van der Waals surface area contributed by atoms with Gasteiger partial charge in [0.1, 0.15) is 5.82 Å². The largest absolute Gasteiger partial charge is 0.376 e. The van der Waals surface area contributed by atoms with Gasteiger partial charge >= 0.3 is 0 Å². The number of hydrogen-bond donors (Lipinski definition) is 1. The monoisotopic (exact) mass is 269 g/mol. The summed E-state index contributed by atoms with van der Waals surface area (Å²) in [6.45, 7) is 1.28. The van der Waals surface area contributed by atoms with Gasteiger partial charge < -0.3 is 10.1 Å². The molecule has 0 amide bonds. The molecular weight excluding hydrogens is 253 g/mol. The van der Waals surface area contributed by atoms with Crippen molar-refractivity contribution in [2.24, 2.45) is 5.92 Å². The van der Waals surface area contributed by atoms with Crippen LogP contribution in [0.1, 0.15) is 24.8 Å². The summed E-state index contributed by atoms with van der Waals surface area (Å²) in [5.41, 5.74) is 0.556. The van der Waals surface area contributed by atoms with E-state index in [-0.39, 0.29) is 5.82 Å². The van der Waals surface area contributed by atoms with Crippen molar-refractivity contribution in [2.75, 3.05) is 6.61 Å². The first-order valence-electron chi connectivity index (χ1n) is 6.53. The molecule has 2 nitrogen and oxygen atoms in total. The summed E-state index contributed by atoms with van der Waals surface area (Å²) in [6.07, 6.45) is 3.86. The van der Waals surface area contributed by atoms with Gasteiger partial charge in [0.25, 0.3) is 0 Å². The molecule has 4 heteroatoms. The Morgan fingerprint density at radius 3 is 2.89 bits per heavy atom. The minimum absolute atomic E-state index is 0.239. The van der Waals surface area contributed by atoms with E-state index in [1.807, 2.05) is 0 Å². The molecule has 1 aliphatic carbocycles. The van der Waals surface area contributed by atoms with Gasteiger partial charge in [-0.3, -0.25) is 0 Å². The zero-order valence-electron chi connectivity index (χ0n) is 10.2. The maximum absolute atomic E-state index is 13.6. The second kappa shape index (κ2) is 5.16. The van der Waals surface area contributed by atoms with Gasteiger partial charge in [-0.25, -0.2) is 4.39 Å². The SMILES string of the molecule is Fc1cccc(Cl)c1CNC1CCOC1C1CC1. The maximum Gasteiger partial charge on any atom is 0.129 e. The average molecular weight is 270 g/mol. The smallest absolute Gasteiger partial charge is 0.129 e. The molecule has 18 heavy (non-hydrogen) atoms.